The van der Waals surface area contributed by atoms with Crippen LogP contribution in [0.2, 0.25) is 0 Å². The van der Waals surface area contributed by atoms with Gasteiger partial charge in [-0.15, -0.1) is 0 Å². The molecule has 0 aliphatic heterocycles. The van der Waals surface area contributed by atoms with Crippen molar-refractivity contribution in [3.8, 4) is 11.5 Å². The van der Waals surface area contributed by atoms with E-state index in [-0.39, 0.29) is 17.3 Å². The second-order valence-corrected chi connectivity index (χ2v) is 7.02. The van der Waals surface area contributed by atoms with Crippen LogP contribution in [0.25, 0.3) is 0 Å². The summed E-state index contributed by atoms with van der Waals surface area (Å²) in [5.74, 6) is 0.550. The number of rotatable bonds is 9. The van der Waals surface area contributed by atoms with Gasteiger partial charge >= 0.3 is 0 Å². The van der Waals surface area contributed by atoms with Gasteiger partial charge in [-0.2, -0.15) is 0 Å². The fourth-order valence-corrected chi connectivity index (χ4v) is 3.35. The molecule has 0 aromatic heterocycles. The second kappa shape index (κ2) is 8.82. The molecule has 0 aliphatic carbocycles. The molecule has 2 aromatic rings. The minimum atomic E-state index is -3.69. The number of hydrogen-bond acceptors (Lipinski definition) is 4. The van der Waals surface area contributed by atoms with Crippen molar-refractivity contribution < 1.29 is 22.3 Å². The van der Waals surface area contributed by atoms with Crippen LogP contribution in [-0.4, -0.2) is 28.2 Å². The Bertz CT molecular complexity index is 808. The van der Waals surface area contributed by atoms with Gasteiger partial charge in [0, 0.05) is 12.6 Å². The van der Waals surface area contributed by atoms with Crippen LogP contribution < -0.4 is 14.2 Å². The third-order valence-electron chi connectivity index (χ3n) is 3.42. The Kier molecular flexibility index (Phi) is 6.78. The molecule has 0 bridgehead atoms. The minimum Gasteiger partial charge on any atom is -0.490 e. The van der Waals surface area contributed by atoms with Gasteiger partial charge < -0.3 is 9.47 Å². The maximum Gasteiger partial charge on any atom is 0.240 e. The average molecular weight is 367 g/mol. The zero-order valence-corrected chi connectivity index (χ0v) is 15.1. The van der Waals surface area contributed by atoms with E-state index in [9.17, 15) is 12.8 Å². The highest BCUT2D eigenvalue weighted by Crippen LogP contribution is 2.30. The van der Waals surface area contributed by atoms with E-state index in [1.54, 1.807) is 18.2 Å². The van der Waals surface area contributed by atoms with E-state index in [2.05, 4.69) is 4.72 Å². The van der Waals surface area contributed by atoms with Crippen LogP contribution in [0, 0.1) is 5.82 Å². The Labute approximate surface area is 147 Å². The van der Waals surface area contributed by atoms with E-state index in [0.29, 0.717) is 31.1 Å². The van der Waals surface area contributed by atoms with Gasteiger partial charge in [0.25, 0.3) is 0 Å². The molecule has 7 heteroatoms. The molecule has 5 nitrogen and oxygen atoms in total. The maximum atomic E-state index is 13.1. The summed E-state index contributed by atoms with van der Waals surface area (Å²) in [6.45, 7) is 4.68. The highest BCUT2D eigenvalue weighted by Gasteiger charge is 2.17. The van der Waals surface area contributed by atoms with Crippen LogP contribution in [0.3, 0.4) is 0 Å². The summed E-state index contributed by atoms with van der Waals surface area (Å²) in [5.41, 5.74) is 0.726. The molecule has 2 aromatic carbocycles. The summed E-state index contributed by atoms with van der Waals surface area (Å²) in [6, 6.07) is 10.6. The Morgan fingerprint density at radius 2 is 1.72 bits per heavy atom. The second-order valence-electron chi connectivity index (χ2n) is 5.25. The standard InChI is InChI=1S/C18H22FNO4S/c1-3-23-17-9-8-16(13-18(17)24-4-2)25(21,22)20-11-10-14-6-5-7-15(19)12-14/h5-9,12-13,20H,3-4,10-11H2,1-2H3. The zero-order chi connectivity index (χ0) is 18.3. The van der Waals surface area contributed by atoms with Gasteiger partial charge in [-0.25, -0.2) is 17.5 Å². The van der Waals surface area contributed by atoms with Gasteiger partial charge in [-0.05, 0) is 50.1 Å². The van der Waals surface area contributed by atoms with Gasteiger partial charge in [0.1, 0.15) is 5.82 Å². The molecule has 0 fully saturated rings. The van der Waals surface area contributed by atoms with Gasteiger partial charge in [-0.1, -0.05) is 12.1 Å². The first-order valence-corrected chi connectivity index (χ1v) is 9.58. The van der Waals surface area contributed by atoms with Crippen LogP contribution >= 0.6 is 0 Å². The molecular formula is C18H22FNO4S. The van der Waals surface area contributed by atoms with Gasteiger partial charge in [0.15, 0.2) is 11.5 Å². The molecule has 0 spiro atoms. The molecular weight excluding hydrogens is 345 g/mol. The van der Waals surface area contributed by atoms with Crippen LogP contribution in [0.4, 0.5) is 4.39 Å². The SMILES string of the molecule is CCOc1ccc(S(=O)(=O)NCCc2cccc(F)c2)cc1OCC. The van der Waals surface area contributed by atoms with E-state index < -0.39 is 10.0 Å². The molecule has 0 amide bonds. The molecule has 1 N–H and O–H groups in total. The summed E-state index contributed by atoms with van der Waals surface area (Å²) in [7, 11) is -3.69. The third kappa shape index (κ3) is 5.44. The van der Waals surface area contributed by atoms with Crippen molar-refractivity contribution in [3.63, 3.8) is 0 Å². The maximum absolute atomic E-state index is 13.1. The van der Waals surface area contributed by atoms with Gasteiger partial charge in [0.05, 0.1) is 18.1 Å². The lowest BCUT2D eigenvalue weighted by Crippen LogP contribution is -2.26. The van der Waals surface area contributed by atoms with Crippen LogP contribution in [0.15, 0.2) is 47.4 Å². The monoisotopic (exact) mass is 367 g/mol. The number of hydrogen-bond donors (Lipinski definition) is 1. The lowest BCUT2D eigenvalue weighted by Gasteiger charge is -2.13. The zero-order valence-electron chi connectivity index (χ0n) is 14.3. The quantitative estimate of drug-likeness (QED) is 0.739. The van der Waals surface area contributed by atoms with E-state index >= 15 is 0 Å². The van der Waals surface area contributed by atoms with E-state index in [1.807, 2.05) is 13.8 Å². The van der Waals surface area contributed by atoms with Crippen LogP contribution in [0.1, 0.15) is 19.4 Å². The average Bonchev–Trinajstić information content (AvgIpc) is 2.57. The van der Waals surface area contributed by atoms with Crippen molar-refractivity contribution in [2.45, 2.75) is 25.2 Å². The predicted octanol–water partition coefficient (Wildman–Crippen LogP) is 3.14. The molecule has 0 aliphatic rings. The molecule has 0 heterocycles. The summed E-state index contributed by atoms with van der Waals surface area (Å²) in [6.07, 6.45) is 0.395. The Morgan fingerprint density at radius 1 is 1.00 bits per heavy atom. The largest absolute Gasteiger partial charge is 0.490 e. The molecule has 0 saturated carbocycles. The molecule has 2 rings (SSSR count). The fraction of sp³-hybridized carbons (Fsp3) is 0.333. The lowest BCUT2D eigenvalue weighted by atomic mass is 10.1. The van der Waals surface area contributed by atoms with E-state index in [0.717, 1.165) is 5.56 Å². The minimum absolute atomic E-state index is 0.0960. The predicted molar refractivity (Wildman–Crippen MR) is 94.1 cm³/mol. The normalized spacial score (nSPS) is 11.3. The van der Waals surface area contributed by atoms with Crippen molar-refractivity contribution >= 4 is 10.0 Å². The number of sulfonamides is 1. The van der Waals surface area contributed by atoms with Crippen molar-refractivity contribution in [1.29, 1.82) is 0 Å². The van der Waals surface area contributed by atoms with Crippen molar-refractivity contribution in [2.24, 2.45) is 0 Å². The molecule has 0 atom stereocenters. The van der Waals surface area contributed by atoms with Crippen LogP contribution in [-0.2, 0) is 16.4 Å². The third-order valence-corrected chi connectivity index (χ3v) is 4.88. The van der Waals surface area contributed by atoms with E-state index in [1.165, 1.54) is 24.3 Å². The summed E-state index contributed by atoms with van der Waals surface area (Å²) in [5, 5.41) is 0. The highest BCUT2D eigenvalue weighted by molar-refractivity contribution is 7.89. The fourth-order valence-electron chi connectivity index (χ4n) is 2.30. The topological polar surface area (TPSA) is 64.6 Å². The van der Waals surface area contributed by atoms with Crippen molar-refractivity contribution in [3.05, 3.63) is 53.8 Å². The highest BCUT2D eigenvalue weighted by atomic mass is 32.2. The molecule has 136 valence electrons. The first kappa shape index (κ1) is 19.2. The van der Waals surface area contributed by atoms with Crippen LogP contribution in [0.5, 0.6) is 11.5 Å². The molecule has 0 radical (unpaired) electrons. The van der Waals surface area contributed by atoms with Crippen molar-refractivity contribution in [1.82, 2.24) is 4.72 Å². The number of nitrogens with one attached hydrogen (secondary N) is 1. The van der Waals surface area contributed by atoms with Gasteiger partial charge in [0.2, 0.25) is 10.0 Å². The number of ether oxygens (including phenoxy) is 2. The lowest BCUT2D eigenvalue weighted by molar-refractivity contribution is 0.287. The number of benzene rings is 2. The van der Waals surface area contributed by atoms with Gasteiger partial charge in [-0.3, -0.25) is 0 Å². The first-order valence-electron chi connectivity index (χ1n) is 8.10. The Balaban J connectivity index is 2.09. The van der Waals surface area contributed by atoms with E-state index in [4.69, 9.17) is 9.47 Å². The number of halogens is 1. The van der Waals surface area contributed by atoms with Crippen molar-refractivity contribution in [2.75, 3.05) is 19.8 Å². The summed E-state index contributed by atoms with van der Waals surface area (Å²) >= 11 is 0. The summed E-state index contributed by atoms with van der Waals surface area (Å²) < 4.78 is 51.4. The Morgan fingerprint density at radius 3 is 2.40 bits per heavy atom. The first-order chi connectivity index (χ1) is 12.0. The molecule has 25 heavy (non-hydrogen) atoms. The molecule has 0 saturated heterocycles. The molecule has 0 unspecified atom stereocenters. The summed E-state index contributed by atoms with van der Waals surface area (Å²) in [4.78, 5) is 0.0960. The smallest absolute Gasteiger partial charge is 0.240 e. The Hall–Kier alpha value is -2.12.